The molecular weight excluding hydrogens is 259 g/mol. The highest BCUT2D eigenvalue weighted by atomic mass is 19.1. The van der Waals surface area contributed by atoms with Crippen LogP contribution in [0.5, 0.6) is 0 Å². The molecule has 1 aliphatic rings. The second-order valence-electron chi connectivity index (χ2n) is 5.12. The van der Waals surface area contributed by atoms with E-state index in [0.717, 1.165) is 24.2 Å². The smallest absolute Gasteiger partial charge is 0.125 e. The maximum Gasteiger partial charge on any atom is 0.125 e. The van der Waals surface area contributed by atoms with Gasteiger partial charge in [-0.05, 0) is 24.1 Å². The molecule has 0 amide bonds. The maximum absolute atomic E-state index is 13.3. The van der Waals surface area contributed by atoms with Crippen molar-refractivity contribution in [1.29, 1.82) is 0 Å². The van der Waals surface area contributed by atoms with E-state index in [1.54, 1.807) is 17.1 Å². The number of rotatable bonds is 4. The SMILES string of the molecule is Nc1cnn(CC(O)CN2CCc3ccc(F)cc32)c1. The first-order chi connectivity index (χ1) is 9.61. The highest BCUT2D eigenvalue weighted by Gasteiger charge is 2.22. The van der Waals surface area contributed by atoms with Gasteiger partial charge in [-0.15, -0.1) is 0 Å². The highest BCUT2D eigenvalue weighted by molar-refractivity contribution is 5.58. The molecule has 0 spiro atoms. The quantitative estimate of drug-likeness (QED) is 0.875. The van der Waals surface area contributed by atoms with Gasteiger partial charge < -0.3 is 15.7 Å². The lowest BCUT2D eigenvalue weighted by atomic mass is 10.1. The van der Waals surface area contributed by atoms with E-state index in [4.69, 9.17) is 5.73 Å². The van der Waals surface area contributed by atoms with Crippen LogP contribution < -0.4 is 10.6 Å². The van der Waals surface area contributed by atoms with E-state index < -0.39 is 6.10 Å². The Hall–Kier alpha value is -2.08. The fourth-order valence-corrected chi connectivity index (χ4v) is 2.62. The predicted molar refractivity (Wildman–Crippen MR) is 75.0 cm³/mol. The number of nitrogens with two attached hydrogens (primary N) is 1. The molecule has 0 saturated heterocycles. The van der Waals surface area contributed by atoms with Crippen LogP contribution in [0, 0.1) is 5.82 Å². The van der Waals surface area contributed by atoms with Crippen LogP contribution in [0.15, 0.2) is 30.6 Å². The number of aliphatic hydroxyl groups excluding tert-OH is 1. The van der Waals surface area contributed by atoms with E-state index >= 15 is 0 Å². The summed E-state index contributed by atoms with van der Waals surface area (Å²) in [6.45, 7) is 1.63. The minimum atomic E-state index is -0.580. The summed E-state index contributed by atoms with van der Waals surface area (Å²) in [4.78, 5) is 2.01. The van der Waals surface area contributed by atoms with Crippen molar-refractivity contribution in [2.45, 2.75) is 19.1 Å². The molecule has 5 nitrogen and oxygen atoms in total. The Bertz CT molecular complexity index is 613. The van der Waals surface area contributed by atoms with Crippen LogP contribution in [0.1, 0.15) is 5.56 Å². The van der Waals surface area contributed by atoms with E-state index in [9.17, 15) is 9.50 Å². The number of aromatic nitrogens is 2. The Labute approximate surface area is 116 Å². The zero-order valence-corrected chi connectivity index (χ0v) is 11.0. The summed E-state index contributed by atoms with van der Waals surface area (Å²) < 4.78 is 14.9. The van der Waals surface area contributed by atoms with Gasteiger partial charge in [-0.3, -0.25) is 4.68 Å². The molecule has 2 heterocycles. The zero-order valence-electron chi connectivity index (χ0n) is 11.0. The van der Waals surface area contributed by atoms with Gasteiger partial charge in [0.25, 0.3) is 0 Å². The molecule has 106 valence electrons. The predicted octanol–water partition coefficient (Wildman–Crippen LogP) is 1.03. The molecule has 1 aromatic heterocycles. The molecule has 0 bridgehead atoms. The van der Waals surface area contributed by atoms with Crippen LogP contribution in [-0.4, -0.2) is 34.1 Å². The molecule has 6 heteroatoms. The highest BCUT2D eigenvalue weighted by Crippen LogP contribution is 2.28. The lowest BCUT2D eigenvalue weighted by molar-refractivity contribution is 0.155. The third-order valence-corrected chi connectivity index (χ3v) is 3.52. The number of aliphatic hydroxyl groups is 1. The molecule has 1 unspecified atom stereocenters. The Kier molecular flexibility index (Phi) is 3.31. The number of nitrogens with zero attached hydrogens (tertiary/aromatic N) is 3. The number of benzene rings is 1. The summed E-state index contributed by atoms with van der Waals surface area (Å²) in [6, 6.07) is 4.82. The van der Waals surface area contributed by atoms with Crippen molar-refractivity contribution in [3.8, 4) is 0 Å². The van der Waals surface area contributed by atoms with E-state index in [-0.39, 0.29) is 5.82 Å². The minimum absolute atomic E-state index is 0.245. The van der Waals surface area contributed by atoms with Gasteiger partial charge in [0.15, 0.2) is 0 Å². The summed E-state index contributed by atoms with van der Waals surface area (Å²) >= 11 is 0. The molecule has 0 saturated carbocycles. The molecular formula is C14H17FN4O. The van der Waals surface area contributed by atoms with Crippen molar-refractivity contribution in [2.24, 2.45) is 0 Å². The fourth-order valence-electron chi connectivity index (χ4n) is 2.62. The van der Waals surface area contributed by atoms with Crippen molar-refractivity contribution in [3.63, 3.8) is 0 Å². The van der Waals surface area contributed by atoms with Gasteiger partial charge in [-0.25, -0.2) is 4.39 Å². The van der Waals surface area contributed by atoms with E-state index in [1.165, 1.54) is 12.1 Å². The number of hydrogen-bond acceptors (Lipinski definition) is 4. The number of halogens is 1. The number of β-amino-alcohol motifs (C(OH)–C–C–N with tert-alkyl or cyclic N) is 1. The lowest BCUT2D eigenvalue weighted by Gasteiger charge is -2.23. The van der Waals surface area contributed by atoms with Crippen LogP contribution in [0.4, 0.5) is 15.8 Å². The number of nitrogen functional groups attached to an aromatic ring is 1. The van der Waals surface area contributed by atoms with Gasteiger partial charge in [-0.1, -0.05) is 6.07 Å². The second kappa shape index (κ2) is 5.13. The van der Waals surface area contributed by atoms with Crippen LogP contribution in [0.25, 0.3) is 0 Å². The van der Waals surface area contributed by atoms with Crippen LogP contribution in [0.2, 0.25) is 0 Å². The lowest BCUT2D eigenvalue weighted by Crippen LogP contribution is -2.33. The third kappa shape index (κ3) is 2.60. The summed E-state index contributed by atoms with van der Waals surface area (Å²) in [6.07, 6.45) is 3.54. The van der Waals surface area contributed by atoms with Crippen molar-refractivity contribution < 1.29 is 9.50 Å². The van der Waals surface area contributed by atoms with Gasteiger partial charge in [-0.2, -0.15) is 5.10 Å². The maximum atomic E-state index is 13.3. The Morgan fingerprint density at radius 1 is 1.40 bits per heavy atom. The average molecular weight is 276 g/mol. The average Bonchev–Trinajstić information content (AvgIpc) is 2.97. The van der Waals surface area contributed by atoms with E-state index in [0.29, 0.717) is 18.8 Å². The molecule has 20 heavy (non-hydrogen) atoms. The molecule has 0 aliphatic carbocycles. The van der Waals surface area contributed by atoms with Gasteiger partial charge in [0.2, 0.25) is 0 Å². The number of hydrogen-bond donors (Lipinski definition) is 2. The molecule has 3 rings (SSSR count). The van der Waals surface area contributed by atoms with Crippen molar-refractivity contribution in [1.82, 2.24) is 9.78 Å². The first kappa shape index (κ1) is 12.9. The van der Waals surface area contributed by atoms with Crippen LogP contribution in [-0.2, 0) is 13.0 Å². The topological polar surface area (TPSA) is 67.3 Å². The Morgan fingerprint density at radius 2 is 2.25 bits per heavy atom. The molecule has 1 atom stereocenters. The first-order valence-corrected chi connectivity index (χ1v) is 6.61. The minimum Gasteiger partial charge on any atom is -0.396 e. The molecule has 0 fully saturated rings. The summed E-state index contributed by atoms with van der Waals surface area (Å²) in [5.74, 6) is -0.245. The van der Waals surface area contributed by atoms with E-state index in [1.807, 2.05) is 11.0 Å². The second-order valence-corrected chi connectivity index (χ2v) is 5.12. The first-order valence-electron chi connectivity index (χ1n) is 6.61. The summed E-state index contributed by atoms with van der Waals surface area (Å²) in [5, 5.41) is 14.2. The Balaban J connectivity index is 1.66. The van der Waals surface area contributed by atoms with Crippen molar-refractivity contribution in [3.05, 3.63) is 42.0 Å². The molecule has 0 radical (unpaired) electrons. The van der Waals surface area contributed by atoms with Gasteiger partial charge >= 0.3 is 0 Å². The molecule has 1 aromatic carbocycles. The standard InChI is InChI=1S/C14H17FN4O/c15-11-2-1-10-3-4-18(14(10)5-11)8-13(20)9-19-7-12(16)6-17-19/h1-2,5-7,13,20H,3-4,8-9,16H2. The summed E-state index contributed by atoms with van der Waals surface area (Å²) in [5.41, 5.74) is 8.16. The van der Waals surface area contributed by atoms with Crippen LogP contribution in [0.3, 0.4) is 0 Å². The zero-order chi connectivity index (χ0) is 14.1. The number of anilines is 2. The molecule has 2 aromatic rings. The number of fused-ring (bicyclic) bond motifs is 1. The largest absolute Gasteiger partial charge is 0.396 e. The van der Waals surface area contributed by atoms with Gasteiger partial charge in [0, 0.05) is 25.0 Å². The third-order valence-electron chi connectivity index (χ3n) is 3.52. The van der Waals surface area contributed by atoms with Gasteiger partial charge in [0.05, 0.1) is 24.5 Å². The monoisotopic (exact) mass is 276 g/mol. The van der Waals surface area contributed by atoms with Crippen LogP contribution >= 0.6 is 0 Å². The fraction of sp³-hybridized carbons (Fsp3) is 0.357. The molecule has 3 N–H and O–H groups in total. The van der Waals surface area contributed by atoms with E-state index in [2.05, 4.69) is 5.10 Å². The Morgan fingerprint density at radius 3 is 3.00 bits per heavy atom. The summed E-state index contributed by atoms with van der Waals surface area (Å²) in [7, 11) is 0. The normalized spacial score (nSPS) is 15.4. The molecule has 1 aliphatic heterocycles. The van der Waals surface area contributed by atoms with Crippen molar-refractivity contribution >= 4 is 11.4 Å². The van der Waals surface area contributed by atoms with Crippen molar-refractivity contribution in [2.75, 3.05) is 23.7 Å². The van der Waals surface area contributed by atoms with Gasteiger partial charge in [0.1, 0.15) is 5.82 Å².